The van der Waals surface area contributed by atoms with Crippen LogP contribution in [0.1, 0.15) is 24.2 Å². The molecular formula is C14H20N2S2. The summed E-state index contributed by atoms with van der Waals surface area (Å²) in [5.74, 6) is 1.14. The van der Waals surface area contributed by atoms with Gasteiger partial charge in [-0.25, -0.2) is 0 Å². The highest BCUT2D eigenvalue weighted by Gasteiger charge is 2.22. The molecule has 2 atom stereocenters. The zero-order valence-corrected chi connectivity index (χ0v) is 12.6. The second-order valence-electron chi connectivity index (χ2n) is 4.37. The Morgan fingerprint density at radius 2 is 2.22 bits per heavy atom. The summed E-state index contributed by atoms with van der Waals surface area (Å²) in [5.41, 5.74) is 1.38. The lowest BCUT2D eigenvalue weighted by Gasteiger charge is -2.17. The van der Waals surface area contributed by atoms with Crippen LogP contribution in [0.3, 0.4) is 0 Å². The molecule has 2 unspecified atom stereocenters. The molecule has 0 radical (unpaired) electrons. The molecule has 1 aromatic rings. The first-order chi connectivity index (χ1) is 8.83. The van der Waals surface area contributed by atoms with Gasteiger partial charge in [0.05, 0.1) is 11.8 Å². The summed E-state index contributed by atoms with van der Waals surface area (Å²) in [6.45, 7) is 3.12. The van der Waals surface area contributed by atoms with E-state index >= 15 is 0 Å². The van der Waals surface area contributed by atoms with Crippen molar-refractivity contribution in [2.45, 2.75) is 24.6 Å². The average Bonchev–Trinajstić information content (AvgIpc) is 2.88. The summed E-state index contributed by atoms with van der Waals surface area (Å²) in [6, 6.07) is 11.2. The van der Waals surface area contributed by atoms with E-state index < -0.39 is 0 Å². The van der Waals surface area contributed by atoms with Crippen LogP contribution in [0, 0.1) is 0 Å². The molecule has 1 aliphatic rings. The minimum absolute atomic E-state index is 0.487. The molecule has 0 amide bonds. The Balaban J connectivity index is 1.88. The summed E-state index contributed by atoms with van der Waals surface area (Å²) in [6.07, 6.45) is 3.30. The summed E-state index contributed by atoms with van der Waals surface area (Å²) < 4.78 is 0. The molecule has 0 bridgehead atoms. The van der Waals surface area contributed by atoms with Crippen molar-refractivity contribution in [1.82, 2.24) is 5.32 Å². The molecular weight excluding hydrogens is 260 g/mol. The molecule has 1 aromatic carbocycles. The van der Waals surface area contributed by atoms with Crippen LogP contribution in [0.15, 0.2) is 35.3 Å². The number of aliphatic imine (C=N–C) groups is 1. The van der Waals surface area contributed by atoms with Crippen LogP contribution < -0.4 is 5.32 Å². The predicted molar refractivity (Wildman–Crippen MR) is 84.7 cm³/mol. The van der Waals surface area contributed by atoms with E-state index in [1.807, 2.05) is 23.5 Å². The first-order valence-electron chi connectivity index (χ1n) is 6.35. The van der Waals surface area contributed by atoms with Gasteiger partial charge in [-0.15, -0.1) is 0 Å². The largest absolute Gasteiger partial charge is 0.361 e. The summed E-state index contributed by atoms with van der Waals surface area (Å²) >= 11 is 3.75. The van der Waals surface area contributed by atoms with E-state index in [0.29, 0.717) is 11.3 Å². The van der Waals surface area contributed by atoms with E-state index in [1.165, 1.54) is 5.56 Å². The van der Waals surface area contributed by atoms with Gasteiger partial charge in [0.15, 0.2) is 5.17 Å². The highest BCUT2D eigenvalue weighted by atomic mass is 32.2. The lowest BCUT2D eigenvalue weighted by molar-refractivity contribution is 0.656. The van der Waals surface area contributed by atoms with Gasteiger partial charge in [-0.2, -0.15) is 11.8 Å². The first kappa shape index (κ1) is 13.8. The molecule has 1 heterocycles. The topological polar surface area (TPSA) is 24.4 Å². The number of benzene rings is 1. The monoisotopic (exact) mass is 280 g/mol. The minimum atomic E-state index is 0.487. The Morgan fingerprint density at radius 1 is 1.44 bits per heavy atom. The van der Waals surface area contributed by atoms with Gasteiger partial charge < -0.3 is 5.32 Å². The standard InChI is InChI=1S/C14H20N2S2/c1-3-12(10-17-2)16-14-15-9-13(18-14)11-7-5-4-6-8-11/h4-8,12-13H,3,9-10H2,1-2H3,(H,15,16). The van der Waals surface area contributed by atoms with Crippen LogP contribution in [0.2, 0.25) is 0 Å². The van der Waals surface area contributed by atoms with E-state index in [9.17, 15) is 0 Å². The van der Waals surface area contributed by atoms with E-state index in [-0.39, 0.29) is 0 Å². The fourth-order valence-corrected chi connectivity index (χ4v) is 3.75. The third-order valence-corrected chi connectivity index (χ3v) is 4.93. The Morgan fingerprint density at radius 3 is 2.89 bits per heavy atom. The molecule has 98 valence electrons. The van der Waals surface area contributed by atoms with Crippen LogP contribution in [0.25, 0.3) is 0 Å². The summed E-state index contributed by atoms with van der Waals surface area (Å²) in [5, 5.41) is 5.16. The van der Waals surface area contributed by atoms with Gasteiger partial charge in [0.25, 0.3) is 0 Å². The van der Waals surface area contributed by atoms with Gasteiger partial charge >= 0.3 is 0 Å². The maximum Gasteiger partial charge on any atom is 0.157 e. The second-order valence-corrected chi connectivity index (χ2v) is 6.47. The Bertz CT molecular complexity index is 392. The minimum Gasteiger partial charge on any atom is -0.361 e. The van der Waals surface area contributed by atoms with Gasteiger partial charge in [-0.05, 0) is 18.2 Å². The van der Waals surface area contributed by atoms with Crippen molar-refractivity contribution in [2.75, 3.05) is 18.6 Å². The molecule has 2 nitrogen and oxygen atoms in total. The fraction of sp³-hybridized carbons (Fsp3) is 0.500. The van der Waals surface area contributed by atoms with Crippen molar-refractivity contribution in [2.24, 2.45) is 4.99 Å². The molecule has 0 saturated carbocycles. The number of amidine groups is 1. The number of nitrogens with one attached hydrogen (secondary N) is 1. The van der Waals surface area contributed by atoms with Crippen molar-refractivity contribution in [3.05, 3.63) is 35.9 Å². The Labute approximate surface area is 118 Å². The van der Waals surface area contributed by atoms with E-state index in [4.69, 9.17) is 0 Å². The van der Waals surface area contributed by atoms with Crippen LogP contribution in [-0.4, -0.2) is 29.8 Å². The van der Waals surface area contributed by atoms with Gasteiger partial charge in [-0.3, -0.25) is 4.99 Å². The van der Waals surface area contributed by atoms with Crippen molar-refractivity contribution in [1.29, 1.82) is 0 Å². The molecule has 4 heteroatoms. The lowest BCUT2D eigenvalue weighted by Crippen LogP contribution is -2.33. The van der Waals surface area contributed by atoms with Crippen LogP contribution in [-0.2, 0) is 0 Å². The lowest BCUT2D eigenvalue weighted by atomic mass is 10.1. The van der Waals surface area contributed by atoms with Crippen LogP contribution >= 0.6 is 23.5 Å². The van der Waals surface area contributed by atoms with Crippen molar-refractivity contribution in [3.63, 3.8) is 0 Å². The molecule has 0 aliphatic carbocycles. The third kappa shape index (κ3) is 3.69. The highest BCUT2D eigenvalue weighted by molar-refractivity contribution is 8.14. The third-order valence-electron chi connectivity index (χ3n) is 3.01. The maximum atomic E-state index is 4.62. The molecule has 1 aliphatic heterocycles. The Hall–Kier alpha value is -0.610. The molecule has 0 aromatic heterocycles. The molecule has 0 spiro atoms. The smallest absolute Gasteiger partial charge is 0.157 e. The Kier molecular flexibility index (Phi) is 5.45. The normalized spacial score (nSPS) is 20.6. The van der Waals surface area contributed by atoms with Gasteiger partial charge in [0, 0.05) is 11.8 Å². The zero-order chi connectivity index (χ0) is 12.8. The molecule has 2 rings (SSSR count). The quantitative estimate of drug-likeness (QED) is 0.892. The number of thioether (sulfide) groups is 2. The van der Waals surface area contributed by atoms with Gasteiger partial charge in [0.1, 0.15) is 0 Å². The SMILES string of the molecule is CCC(CSC)NC1=NCC(c2ccccc2)S1. The van der Waals surface area contributed by atoms with E-state index in [1.54, 1.807) is 0 Å². The molecule has 1 N–H and O–H groups in total. The van der Waals surface area contributed by atoms with Crippen LogP contribution in [0.5, 0.6) is 0 Å². The number of nitrogens with zero attached hydrogens (tertiary/aromatic N) is 1. The number of hydrogen-bond donors (Lipinski definition) is 1. The summed E-state index contributed by atoms with van der Waals surface area (Å²) in [7, 11) is 0. The fourth-order valence-electron chi connectivity index (χ4n) is 1.93. The van der Waals surface area contributed by atoms with E-state index in [0.717, 1.165) is 23.9 Å². The van der Waals surface area contributed by atoms with Crippen molar-refractivity contribution >= 4 is 28.7 Å². The molecule has 0 saturated heterocycles. The van der Waals surface area contributed by atoms with Crippen molar-refractivity contribution in [3.8, 4) is 0 Å². The van der Waals surface area contributed by atoms with Gasteiger partial charge in [-0.1, -0.05) is 49.0 Å². The molecule has 0 fully saturated rings. The molecule has 18 heavy (non-hydrogen) atoms. The number of rotatable bonds is 5. The average molecular weight is 280 g/mol. The van der Waals surface area contributed by atoms with E-state index in [2.05, 4.69) is 53.8 Å². The second kappa shape index (κ2) is 7.10. The predicted octanol–water partition coefficient (Wildman–Crippen LogP) is 3.56. The first-order valence-corrected chi connectivity index (χ1v) is 8.62. The summed E-state index contributed by atoms with van der Waals surface area (Å²) in [4.78, 5) is 4.62. The maximum absolute atomic E-state index is 4.62. The van der Waals surface area contributed by atoms with Gasteiger partial charge in [0.2, 0.25) is 0 Å². The van der Waals surface area contributed by atoms with Crippen LogP contribution in [0.4, 0.5) is 0 Å². The number of hydrogen-bond acceptors (Lipinski definition) is 4. The van der Waals surface area contributed by atoms with Crippen molar-refractivity contribution < 1.29 is 0 Å². The highest BCUT2D eigenvalue weighted by Crippen LogP contribution is 2.34. The zero-order valence-electron chi connectivity index (χ0n) is 10.9.